The van der Waals surface area contributed by atoms with Gasteiger partial charge in [0.1, 0.15) is 23.6 Å². The molecule has 1 aromatic heterocycles. The van der Waals surface area contributed by atoms with Crippen molar-refractivity contribution >= 4 is 23.1 Å². The molecule has 2 saturated heterocycles. The van der Waals surface area contributed by atoms with E-state index in [2.05, 4.69) is 11.9 Å². The van der Waals surface area contributed by atoms with E-state index in [1.165, 1.54) is 0 Å². The zero-order valence-electron chi connectivity index (χ0n) is 22.8. The summed E-state index contributed by atoms with van der Waals surface area (Å²) in [7, 11) is 0. The highest BCUT2D eigenvalue weighted by molar-refractivity contribution is 7.09. The average Bonchev–Trinajstić information content (AvgIpc) is 3.55. The molecule has 0 amide bonds. The SMILES string of the molecule is Cc1nc(C2CC2(C)C2OC(=O)CCC(C)(C)C(=O)C(C)CC(C)CCCC3(C)OC3(O)C2O)cs1. The maximum atomic E-state index is 13.2. The monoisotopic (exact) mass is 521 g/mol. The Morgan fingerprint density at radius 2 is 1.83 bits per heavy atom. The number of carbonyl (C=O) groups excluding carboxylic acids is 2. The molecule has 1 saturated carbocycles. The summed E-state index contributed by atoms with van der Waals surface area (Å²) in [6, 6.07) is 0. The Labute approximate surface area is 219 Å². The van der Waals surface area contributed by atoms with E-state index < -0.39 is 40.4 Å². The first kappa shape index (κ1) is 27.7. The van der Waals surface area contributed by atoms with Crippen molar-refractivity contribution in [3.63, 3.8) is 0 Å². The van der Waals surface area contributed by atoms with Crippen molar-refractivity contribution in [2.45, 2.75) is 123 Å². The van der Waals surface area contributed by atoms with Gasteiger partial charge in [-0.2, -0.15) is 0 Å². The van der Waals surface area contributed by atoms with Crippen LogP contribution >= 0.6 is 11.3 Å². The number of carbonyl (C=O) groups is 2. The number of ether oxygens (including phenoxy) is 2. The molecule has 2 aliphatic heterocycles. The number of hydrogen-bond donors (Lipinski definition) is 2. The summed E-state index contributed by atoms with van der Waals surface area (Å²) in [5, 5.41) is 25.9. The van der Waals surface area contributed by atoms with Crippen LogP contribution in [0.3, 0.4) is 0 Å². The van der Waals surface area contributed by atoms with Crippen molar-refractivity contribution in [2.24, 2.45) is 22.7 Å². The van der Waals surface area contributed by atoms with Gasteiger partial charge in [0.05, 0.1) is 10.7 Å². The minimum atomic E-state index is -1.77. The van der Waals surface area contributed by atoms with Gasteiger partial charge in [0.15, 0.2) is 0 Å². The molecule has 8 atom stereocenters. The molecule has 7 nitrogen and oxygen atoms in total. The first-order valence-corrected chi connectivity index (χ1v) is 14.3. The Bertz CT molecular complexity index is 1010. The van der Waals surface area contributed by atoms with Crippen molar-refractivity contribution in [1.82, 2.24) is 4.98 Å². The molecule has 2 N–H and O–H groups in total. The zero-order chi connectivity index (χ0) is 26.7. The lowest BCUT2D eigenvalue weighted by Crippen LogP contribution is -2.50. The molecule has 4 rings (SSSR count). The second-order valence-electron chi connectivity index (χ2n) is 12.8. The molecule has 3 aliphatic rings. The number of cyclic esters (lactones) is 1. The average molecular weight is 522 g/mol. The van der Waals surface area contributed by atoms with Gasteiger partial charge in [0.25, 0.3) is 0 Å². The van der Waals surface area contributed by atoms with Crippen molar-refractivity contribution < 1.29 is 29.3 Å². The quantitative estimate of drug-likeness (QED) is 0.420. The predicted octanol–water partition coefficient (Wildman–Crippen LogP) is 4.92. The van der Waals surface area contributed by atoms with Crippen molar-refractivity contribution in [3.05, 3.63) is 16.1 Å². The van der Waals surface area contributed by atoms with Gasteiger partial charge in [-0.1, -0.05) is 47.5 Å². The molecule has 0 radical (unpaired) electrons. The van der Waals surface area contributed by atoms with Crippen LogP contribution in [-0.4, -0.2) is 50.5 Å². The van der Waals surface area contributed by atoms with Crippen LogP contribution < -0.4 is 0 Å². The summed E-state index contributed by atoms with van der Waals surface area (Å²) in [6.45, 7) is 13.7. The lowest BCUT2D eigenvalue weighted by Gasteiger charge is -2.33. The topological polar surface area (TPSA) is 109 Å². The fourth-order valence-corrected chi connectivity index (χ4v) is 7.05. The largest absolute Gasteiger partial charge is 0.459 e. The van der Waals surface area contributed by atoms with E-state index in [1.807, 2.05) is 46.9 Å². The molecule has 3 fully saturated rings. The molecule has 1 aromatic rings. The third-order valence-corrected chi connectivity index (χ3v) is 9.93. The normalized spacial score (nSPS) is 44.0. The summed E-state index contributed by atoms with van der Waals surface area (Å²) >= 11 is 1.57. The predicted molar refractivity (Wildman–Crippen MR) is 137 cm³/mol. The number of ketones is 1. The third-order valence-electron chi connectivity index (χ3n) is 9.14. The van der Waals surface area contributed by atoms with Crippen LogP contribution in [0.4, 0.5) is 0 Å². The van der Waals surface area contributed by atoms with Crippen LogP contribution in [-0.2, 0) is 19.1 Å². The molecular weight excluding hydrogens is 478 g/mol. The van der Waals surface area contributed by atoms with Crippen molar-refractivity contribution in [2.75, 3.05) is 0 Å². The number of aliphatic hydroxyl groups excluding tert-OH is 1. The summed E-state index contributed by atoms with van der Waals surface area (Å²) in [6.07, 6.45) is 1.86. The fraction of sp³-hybridized carbons (Fsp3) is 0.821. The molecular formula is C28H43NO6S. The minimum Gasteiger partial charge on any atom is -0.459 e. The number of nitrogens with zero attached hydrogens (tertiary/aromatic N) is 1. The number of epoxide rings is 1. The maximum absolute atomic E-state index is 13.2. The van der Waals surface area contributed by atoms with E-state index >= 15 is 0 Å². The van der Waals surface area contributed by atoms with E-state index in [0.717, 1.165) is 30.0 Å². The van der Waals surface area contributed by atoms with E-state index in [0.29, 0.717) is 25.2 Å². The summed E-state index contributed by atoms with van der Waals surface area (Å²) in [5.41, 5.74) is -1.20. The number of hydrogen-bond acceptors (Lipinski definition) is 8. The summed E-state index contributed by atoms with van der Waals surface area (Å²) < 4.78 is 11.8. The first-order valence-electron chi connectivity index (χ1n) is 13.4. The van der Waals surface area contributed by atoms with E-state index in [-0.39, 0.29) is 24.0 Å². The number of thiazole rings is 1. The van der Waals surface area contributed by atoms with E-state index in [1.54, 1.807) is 11.3 Å². The Morgan fingerprint density at radius 3 is 2.47 bits per heavy atom. The lowest BCUT2D eigenvalue weighted by atomic mass is 9.75. The molecule has 36 heavy (non-hydrogen) atoms. The van der Waals surface area contributed by atoms with Crippen LogP contribution in [0, 0.1) is 29.6 Å². The summed E-state index contributed by atoms with van der Waals surface area (Å²) in [5.74, 6) is -1.79. The minimum absolute atomic E-state index is 0.0221. The Hall–Kier alpha value is -1.35. The Balaban J connectivity index is 1.60. The van der Waals surface area contributed by atoms with Gasteiger partial charge in [-0.05, 0) is 45.4 Å². The standard InChI is InChI=1S/C28H43NO6S/c1-16-9-8-11-27(7)28(33,35-27)23(32)24(26(6)14-19(26)20-15-36-18(3)29-20)34-21(30)10-12-25(4,5)22(31)17(2)13-16/h15-17,19,23-24,32-33H,8-14H2,1-7H3. The van der Waals surface area contributed by atoms with Gasteiger partial charge < -0.3 is 19.7 Å². The lowest BCUT2D eigenvalue weighted by molar-refractivity contribution is -0.180. The highest BCUT2D eigenvalue weighted by Crippen LogP contribution is 2.65. The number of rotatable bonds is 2. The molecule has 0 aromatic carbocycles. The third kappa shape index (κ3) is 5.03. The Kier molecular flexibility index (Phi) is 7.26. The van der Waals surface area contributed by atoms with Crippen LogP contribution in [0.1, 0.15) is 103 Å². The summed E-state index contributed by atoms with van der Waals surface area (Å²) in [4.78, 5) is 30.9. The second kappa shape index (κ2) is 9.44. The van der Waals surface area contributed by atoms with Crippen molar-refractivity contribution in [3.8, 4) is 0 Å². The zero-order valence-corrected chi connectivity index (χ0v) is 23.6. The first-order chi connectivity index (χ1) is 16.6. The van der Waals surface area contributed by atoms with Crippen LogP contribution in [0.15, 0.2) is 5.38 Å². The van der Waals surface area contributed by atoms with Gasteiger partial charge >= 0.3 is 5.97 Å². The fourth-order valence-electron chi connectivity index (χ4n) is 6.39. The molecule has 8 heteroatoms. The molecule has 8 unspecified atom stereocenters. The number of aliphatic hydroxyl groups is 2. The second-order valence-corrected chi connectivity index (χ2v) is 13.9. The molecule has 3 heterocycles. The van der Waals surface area contributed by atoms with Crippen LogP contribution in [0.5, 0.6) is 0 Å². The Morgan fingerprint density at radius 1 is 1.14 bits per heavy atom. The van der Waals surface area contributed by atoms with Gasteiger partial charge in [-0.25, -0.2) is 4.98 Å². The molecule has 202 valence electrons. The molecule has 0 spiro atoms. The van der Waals surface area contributed by atoms with Crippen molar-refractivity contribution in [1.29, 1.82) is 0 Å². The highest BCUT2D eigenvalue weighted by Gasteiger charge is 2.75. The van der Waals surface area contributed by atoms with E-state index in [4.69, 9.17) is 9.47 Å². The van der Waals surface area contributed by atoms with Gasteiger partial charge in [0, 0.05) is 34.5 Å². The smallest absolute Gasteiger partial charge is 0.306 e. The number of esters is 1. The van der Waals surface area contributed by atoms with Gasteiger partial charge in [-0.3, -0.25) is 9.59 Å². The molecule has 1 aliphatic carbocycles. The maximum Gasteiger partial charge on any atom is 0.306 e. The number of Topliss-reactive ketones (excluding diaryl/α,β-unsaturated/α-hetero) is 1. The van der Waals surface area contributed by atoms with Gasteiger partial charge in [0.2, 0.25) is 5.79 Å². The number of aryl methyl sites for hydroxylation is 1. The van der Waals surface area contributed by atoms with Gasteiger partial charge in [-0.15, -0.1) is 11.3 Å². The number of aromatic nitrogens is 1. The highest BCUT2D eigenvalue weighted by atomic mass is 32.1. The molecule has 0 bridgehead atoms. The van der Waals surface area contributed by atoms with Crippen LogP contribution in [0.25, 0.3) is 0 Å². The number of fused-ring (bicyclic) bond motifs is 1. The van der Waals surface area contributed by atoms with Crippen LogP contribution in [0.2, 0.25) is 0 Å². The van der Waals surface area contributed by atoms with E-state index in [9.17, 15) is 19.8 Å².